The van der Waals surface area contributed by atoms with E-state index in [2.05, 4.69) is 0 Å². The number of aliphatic carboxylic acids is 1. The molecule has 3 heteroatoms. The van der Waals surface area contributed by atoms with Crippen LogP contribution in [0.4, 0.5) is 0 Å². The summed E-state index contributed by atoms with van der Waals surface area (Å²) >= 11 is 0. The Hall–Kier alpha value is -0.570. The Labute approximate surface area is 56.3 Å². The normalized spacial score (nSPS) is 15.2. The molecule has 9 heavy (non-hydrogen) atoms. The highest BCUT2D eigenvalue weighted by Gasteiger charge is 2.11. The third-order valence-electron chi connectivity index (χ3n) is 1.01. The minimum atomic E-state index is -0.955. The zero-order valence-corrected chi connectivity index (χ0v) is 5.72. The Kier molecular flexibility index (Phi) is 2.51. The molecule has 0 rings (SSSR count). The molecule has 0 saturated carbocycles. The maximum atomic E-state index is 10.3. The summed E-state index contributed by atoms with van der Waals surface area (Å²) in [5.41, 5.74) is 1.98. The fraction of sp³-hybridized carbons (Fsp3) is 0.833. The summed E-state index contributed by atoms with van der Waals surface area (Å²) in [6, 6.07) is -0.722. The van der Waals surface area contributed by atoms with Crippen LogP contribution in [-0.4, -0.2) is 17.1 Å². The highest BCUT2D eigenvalue weighted by Crippen LogP contribution is 2.01. The van der Waals surface area contributed by atoms with Crippen LogP contribution in [0, 0.1) is 5.92 Å². The lowest BCUT2D eigenvalue weighted by molar-refractivity contribution is -0.138. The van der Waals surface area contributed by atoms with Gasteiger partial charge in [-0.15, -0.1) is 0 Å². The van der Waals surface area contributed by atoms with E-state index >= 15 is 0 Å². The molecule has 0 bridgehead atoms. The molecular formula is C6H13NO2. The van der Waals surface area contributed by atoms with Gasteiger partial charge in [0, 0.05) is 0 Å². The zero-order valence-electron chi connectivity index (χ0n) is 6.72. The molecular weight excluding hydrogens is 118 g/mol. The van der Waals surface area contributed by atoms with E-state index in [1.54, 1.807) is 0 Å². The molecule has 0 spiro atoms. The second-order valence-electron chi connectivity index (χ2n) is 2.52. The van der Waals surface area contributed by atoms with Crippen molar-refractivity contribution in [2.24, 2.45) is 11.6 Å². The third-order valence-corrected chi connectivity index (χ3v) is 1.01. The van der Waals surface area contributed by atoms with E-state index in [0.29, 0.717) is 12.3 Å². The summed E-state index contributed by atoms with van der Waals surface area (Å²) in [7, 11) is 0. The Morgan fingerprint density at radius 1 is 1.89 bits per heavy atom. The predicted octanol–water partition coefficient (Wildman–Crippen LogP) is 0.444. The fourth-order valence-corrected chi connectivity index (χ4v) is 0.572. The summed E-state index contributed by atoms with van der Waals surface area (Å²) in [5, 5.41) is 8.44. The molecule has 0 heterocycles. The van der Waals surface area contributed by atoms with Gasteiger partial charge in [-0.25, -0.2) is 0 Å². The van der Waals surface area contributed by atoms with Crippen molar-refractivity contribution in [3.8, 4) is 0 Å². The first-order valence-corrected chi connectivity index (χ1v) is 2.98. The van der Waals surface area contributed by atoms with Crippen molar-refractivity contribution in [2.75, 3.05) is 0 Å². The van der Waals surface area contributed by atoms with E-state index in [-0.39, 0.29) is 0 Å². The summed E-state index contributed by atoms with van der Waals surface area (Å²) in [5.74, 6) is -0.650. The van der Waals surface area contributed by atoms with Crippen LogP contribution >= 0.6 is 0 Å². The van der Waals surface area contributed by atoms with Crippen LogP contribution in [0.1, 0.15) is 20.3 Å². The van der Waals surface area contributed by atoms with Gasteiger partial charge in [0.25, 0.3) is 0 Å². The second kappa shape index (κ2) is 3.45. The lowest BCUT2D eigenvalue weighted by Crippen LogP contribution is -2.31. The number of nitrogens with two attached hydrogens (primary N) is 1. The van der Waals surface area contributed by atoms with Crippen molar-refractivity contribution in [2.45, 2.75) is 26.3 Å². The maximum absolute atomic E-state index is 10.3. The van der Waals surface area contributed by atoms with Crippen molar-refractivity contribution in [3.63, 3.8) is 0 Å². The molecule has 0 fully saturated rings. The average Bonchev–Trinajstić information content (AvgIpc) is 1.81. The number of hydrogen-bond acceptors (Lipinski definition) is 2. The maximum Gasteiger partial charge on any atom is 0.320 e. The number of rotatable bonds is 4. The molecule has 0 aromatic heterocycles. The minimum Gasteiger partial charge on any atom is -0.480 e. The summed E-state index contributed by atoms with van der Waals surface area (Å²) in [6.07, 6.45) is 0.499. The predicted molar refractivity (Wildman–Crippen MR) is 35.1 cm³/mol. The molecule has 0 aromatic rings. The first kappa shape index (κ1) is 6.55. The highest BCUT2D eigenvalue weighted by molar-refractivity contribution is 5.72. The van der Waals surface area contributed by atoms with Gasteiger partial charge >= 0.3 is 5.97 Å². The molecule has 3 nitrogen and oxygen atoms in total. The second-order valence-corrected chi connectivity index (χ2v) is 2.52. The van der Waals surface area contributed by atoms with E-state index in [4.69, 9.17) is 6.52 Å². The molecule has 1 atom stereocenters. The Morgan fingerprint density at radius 2 is 2.44 bits per heavy atom. The van der Waals surface area contributed by atoms with Gasteiger partial charge in [-0.1, -0.05) is 13.8 Å². The van der Waals surface area contributed by atoms with Crippen molar-refractivity contribution < 1.29 is 11.3 Å². The minimum absolute atomic E-state index is 0.305. The molecule has 0 aliphatic heterocycles. The monoisotopic (exact) mass is 132 g/mol. The van der Waals surface area contributed by atoms with Gasteiger partial charge in [0.1, 0.15) is 7.45 Å². The van der Waals surface area contributed by atoms with Gasteiger partial charge in [-0.3, -0.25) is 4.79 Å². The number of carboxylic acids is 1. The van der Waals surface area contributed by atoms with Gasteiger partial charge in [0.2, 0.25) is 0 Å². The van der Waals surface area contributed by atoms with Crippen LogP contribution < -0.4 is 5.73 Å². The summed E-state index contributed by atoms with van der Waals surface area (Å²) < 4.78 is 6.65. The van der Waals surface area contributed by atoms with Gasteiger partial charge in [-0.05, 0) is 12.3 Å². The van der Waals surface area contributed by atoms with E-state index in [9.17, 15) is 4.79 Å². The Balaban J connectivity index is 3.72. The third kappa shape index (κ3) is 3.97. The van der Waals surface area contributed by atoms with Crippen LogP contribution in [0.15, 0.2) is 0 Å². The SMILES string of the molecule is [2H]NC(CC(C)C)C(=O)O. The molecule has 54 valence electrons. The van der Waals surface area contributed by atoms with E-state index in [1.807, 2.05) is 19.6 Å². The molecule has 0 amide bonds. The smallest absolute Gasteiger partial charge is 0.320 e. The first-order chi connectivity index (χ1) is 4.57. The van der Waals surface area contributed by atoms with Crippen molar-refractivity contribution >= 4 is 5.97 Å². The van der Waals surface area contributed by atoms with Gasteiger partial charge in [0.05, 0.1) is 0 Å². The van der Waals surface area contributed by atoms with Gasteiger partial charge in [0.15, 0.2) is 0 Å². The topological polar surface area (TPSA) is 63.3 Å². The lowest BCUT2D eigenvalue weighted by Gasteiger charge is -2.07. The Morgan fingerprint density at radius 3 is 2.56 bits per heavy atom. The van der Waals surface area contributed by atoms with Crippen molar-refractivity contribution in [1.29, 1.82) is 0 Å². The molecule has 0 radical (unpaired) electrons. The number of carboxylic acid groups (broad SMARTS) is 1. The van der Waals surface area contributed by atoms with Crippen LogP contribution in [0.25, 0.3) is 0 Å². The Bertz CT molecular complexity index is 116. The van der Waals surface area contributed by atoms with Crippen LogP contribution in [0.2, 0.25) is 1.41 Å². The van der Waals surface area contributed by atoms with E-state index < -0.39 is 12.0 Å². The molecule has 0 aromatic carbocycles. The van der Waals surface area contributed by atoms with Gasteiger partial charge in [-0.2, -0.15) is 0 Å². The highest BCUT2D eigenvalue weighted by atomic mass is 16.4. The van der Waals surface area contributed by atoms with Crippen molar-refractivity contribution in [3.05, 3.63) is 0 Å². The number of hydrogen-bond donors (Lipinski definition) is 2. The lowest BCUT2D eigenvalue weighted by atomic mass is 10.1. The largest absolute Gasteiger partial charge is 0.480 e. The molecule has 0 saturated heterocycles. The molecule has 0 aliphatic rings. The summed E-state index contributed by atoms with van der Waals surface area (Å²) in [4.78, 5) is 10.3. The molecule has 3 N–H and O–H groups in total. The average molecular weight is 132 g/mol. The van der Waals surface area contributed by atoms with Crippen molar-refractivity contribution in [1.82, 2.24) is 0 Å². The fourth-order valence-electron chi connectivity index (χ4n) is 0.572. The standard InChI is InChI=1S/C6H13NO2/c1-4(2)3-5(7)6(8)9/h4-5H,3,7H2,1-2H3,(H,8,9)/i/hD. The van der Waals surface area contributed by atoms with E-state index in [1.165, 1.54) is 0 Å². The van der Waals surface area contributed by atoms with Crippen LogP contribution in [0.3, 0.4) is 0 Å². The molecule has 1 unspecified atom stereocenters. The first-order valence-electron chi connectivity index (χ1n) is 3.48. The quantitative estimate of drug-likeness (QED) is 0.583. The zero-order chi connectivity index (χ0) is 8.15. The van der Waals surface area contributed by atoms with E-state index in [0.717, 1.165) is 0 Å². The number of carbonyl (C=O) groups is 1. The summed E-state index contributed by atoms with van der Waals surface area (Å²) in [6.45, 7) is 3.85. The van der Waals surface area contributed by atoms with Crippen LogP contribution in [0.5, 0.6) is 0 Å². The van der Waals surface area contributed by atoms with Gasteiger partial charge < -0.3 is 10.8 Å². The molecule has 0 aliphatic carbocycles. The van der Waals surface area contributed by atoms with Crippen LogP contribution in [-0.2, 0) is 4.79 Å².